The number of nitrogens with one attached hydrogen (secondary N) is 1. The number of ether oxygens (including phenoxy) is 2. The third kappa shape index (κ3) is 3.72. The Bertz CT molecular complexity index is 1110. The van der Waals surface area contributed by atoms with Crippen LogP contribution in [0.2, 0.25) is 0 Å². The van der Waals surface area contributed by atoms with Crippen molar-refractivity contribution in [2.45, 2.75) is 18.4 Å². The molecule has 7 nitrogen and oxygen atoms in total. The highest BCUT2D eigenvalue weighted by Gasteiger charge is 2.49. The molecular formula is C25H30N4O3. The lowest BCUT2D eigenvalue weighted by molar-refractivity contribution is -0.121. The zero-order valence-corrected chi connectivity index (χ0v) is 18.5. The van der Waals surface area contributed by atoms with Gasteiger partial charge < -0.3 is 20.2 Å². The second-order valence-corrected chi connectivity index (χ2v) is 8.75. The molecule has 2 aromatic carbocycles. The van der Waals surface area contributed by atoms with Crippen molar-refractivity contribution in [2.75, 3.05) is 46.4 Å². The molecule has 3 heterocycles. The Morgan fingerprint density at radius 2 is 2.00 bits per heavy atom. The molecule has 2 aliphatic heterocycles. The fourth-order valence-electron chi connectivity index (χ4n) is 5.38. The van der Waals surface area contributed by atoms with E-state index in [2.05, 4.69) is 26.9 Å². The van der Waals surface area contributed by atoms with Crippen molar-refractivity contribution in [3.63, 3.8) is 0 Å². The average molecular weight is 435 g/mol. The van der Waals surface area contributed by atoms with E-state index in [1.807, 2.05) is 36.4 Å². The van der Waals surface area contributed by atoms with Gasteiger partial charge in [-0.2, -0.15) is 0 Å². The van der Waals surface area contributed by atoms with E-state index in [9.17, 15) is 4.79 Å². The average Bonchev–Trinajstić information content (AvgIpc) is 3.39. The molecule has 3 N–H and O–H groups in total. The van der Waals surface area contributed by atoms with Gasteiger partial charge in [0.25, 0.3) is 0 Å². The van der Waals surface area contributed by atoms with E-state index in [4.69, 9.17) is 15.2 Å². The van der Waals surface area contributed by atoms with E-state index < -0.39 is 0 Å². The summed E-state index contributed by atoms with van der Waals surface area (Å²) in [6.07, 6.45) is 1.83. The maximum absolute atomic E-state index is 11.9. The summed E-state index contributed by atoms with van der Waals surface area (Å²) in [5.41, 5.74) is 9.07. The summed E-state index contributed by atoms with van der Waals surface area (Å²) < 4.78 is 11.4. The second kappa shape index (κ2) is 8.48. The summed E-state index contributed by atoms with van der Waals surface area (Å²) in [7, 11) is 1.70. The summed E-state index contributed by atoms with van der Waals surface area (Å²) in [4.78, 5) is 20.3. The van der Waals surface area contributed by atoms with Crippen molar-refractivity contribution in [1.29, 1.82) is 0 Å². The summed E-state index contributed by atoms with van der Waals surface area (Å²) >= 11 is 0. The number of primary amides is 1. The molecule has 0 aliphatic carbocycles. The topological polar surface area (TPSA) is 83.8 Å². The molecule has 1 atom stereocenters. The molecule has 0 saturated carbocycles. The van der Waals surface area contributed by atoms with Crippen LogP contribution in [-0.2, 0) is 16.8 Å². The minimum Gasteiger partial charge on any atom is -0.497 e. The Morgan fingerprint density at radius 3 is 2.78 bits per heavy atom. The summed E-state index contributed by atoms with van der Waals surface area (Å²) in [6.45, 7) is 4.35. The molecule has 1 fully saturated rings. The molecule has 7 heteroatoms. The Labute approximate surface area is 188 Å². The highest BCUT2D eigenvalue weighted by molar-refractivity contribution is 5.87. The van der Waals surface area contributed by atoms with Crippen LogP contribution in [0.15, 0.2) is 48.5 Å². The number of benzene rings is 2. The molecule has 1 saturated heterocycles. The zero-order chi connectivity index (χ0) is 22.1. The van der Waals surface area contributed by atoms with E-state index in [1.54, 1.807) is 7.11 Å². The maximum Gasteiger partial charge on any atom is 0.231 e. The first kappa shape index (κ1) is 20.8. The van der Waals surface area contributed by atoms with Crippen LogP contribution >= 0.6 is 0 Å². The van der Waals surface area contributed by atoms with Crippen LogP contribution in [0.1, 0.15) is 17.7 Å². The SMILES string of the molecule is COc1ccc2[nH]c3c(c2c1)CCN(CC(N)=O)C31CCN(CCOc2ccccc2)C1. The zero-order valence-electron chi connectivity index (χ0n) is 18.5. The van der Waals surface area contributed by atoms with Crippen LogP contribution in [-0.4, -0.2) is 67.1 Å². The number of nitrogens with two attached hydrogens (primary N) is 1. The lowest BCUT2D eigenvalue weighted by Gasteiger charge is -2.44. The normalized spacial score (nSPS) is 21.2. The van der Waals surface area contributed by atoms with Gasteiger partial charge in [-0.05, 0) is 48.7 Å². The first-order chi connectivity index (χ1) is 15.6. The fourth-order valence-corrected chi connectivity index (χ4v) is 5.38. The number of likely N-dealkylation sites (tertiary alicyclic amines) is 1. The maximum atomic E-state index is 11.9. The van der Waals surface area contributed by atoms with Crippen LogP contribution in [0.25, 0.3) is 10.9 Å². The van der Waals surface area contributed by atoms with Gasteiger partial charge in [0.15, 0.2) is 0 Å². The van der Waals surface area contributed by atoms with Crippen molar-refractivity contribution in [3.05, 3.63) is 59.8 Å². The third-order valence-electron chi connectivity index (χ3n) is 6.91. The molecule has 3 aromatic rings. The predicted octanol–water partition coefficient (Wildman–Crippen LogP) is 2.50. The molecule has 32 heavy (non-hydrogen) atoms. The van der Waals surface area contributed by atoms with Gasteiger partial charge in [-0.15, -0.1) is 0 Å². The number of amides is 1. The number of H-pyrrole nitrogens is 1. The molecule has 1 spiro atoms. The number of carbonyl (C=O) groups excluding carboxylic acids is 1. The number of rotatable bonds is 7. The third-order valence-corrected chi connectivity index (χ3v) is 6.91. The first-order valence-corrected chi connectivity index (χ1v) is 11.2. The number of methoxy groups -OCH3 is 1. The largest absolute Gasteiger partial charge is 0.497 e. The van der Waals surface area contributed by atoms with Crippen molar-refractivity contribution in [1.82, 2.24) is 14.8 Å². The number of fused-ring (bicyclic) bond motifs is 4. The van der Waals surface area contributed by atoms with E-state index in [0.717, 1.165) is 56.0 Å². The molecule has 1 unspecified atom stereocenters. The Balaban J connectivity index is 1.41. The van der Waals surface area contributed by atoms with Crippen LogP contribution < -0.4 is 15.2 Å². The number of carbonyl (C=O) groups is 1. The molecule has 1 aromatic heterocycles. The first-order valence-electron chi connectivity index (χ1n) is 11.2. The van der Waals surface area contributed by atoms with Crippen molar-refractivity contribution < 1.29 is 14.3 Å². The van der Waals surface area contributed by atoms with E-state index in [0.29, 0.717) is 6.61 Å². The summed E-state index contributed by atoms with van der Waals surface area (Å²) in [5, 5.41) is 1.21. The van der Waals surface area contributed by atoms with Crippen LogP contribution in [0.4, 0.5) is 0 Å². The number of hydrogen-bond acceptors (Lipinski definition) is 5. The Kier molecular flexibility index (Phi) is 5.53. The summed E-state index contributed by atoms with van der Waals surface area (Å²) in [5.74, 6) is 1.47. The van der Waals surface area contributed by atoms with E-state index in [1.165, 1.54) is 16.6 Å². The molecule has 168 valence electrons. The van der Waals surface area contributed by atoms with Gasteiger partial charge >= 0.3 is 0 Å². The lowest BCUT2D eigenvalue weighted by atomic mass is 9.84. The van der Waals surface area contributed by atoms with Crippen molar-refractivity contribution >= 4 is 16.8 Å². The van der Waals surface area contributed by atoms with Gasteiger partial charge in [0.1, 0.15) is 18.1 Å². The minimum atomic E-state index is -0.281. The van der Waals surface area contributed by atoms with Gasteiger partial charge in [-0.1, -0.05) is 18.2 Å². The van der Waals surface area contributed by atoms with Crippen LogP contribution in [0, 0.1) is 0 Å². The summed E-state index contributed by atoms with van der Waals surface area (Å²) in [6, 6.07) is 16.1. The second-order valence-electron chi connectivity index (χ2n) is 8.75. The number of aromatic amines is 1. The minimum absolute atomic E-state index is 0.248. The smallest absolute Gasteiger partial charge is 0.231 e. The molecule has 5 rings (SSSR count). The molecular weight excluding hydrogens is 404 g/mol. The number of nitrogens with zero attached hydrogens (tertiary/aromatic N) is 2. The van der Waals surface area contributed by atoms with Crippen molar-refractivity contribution in [2.24, 2.45) is 5.73 Å². The van der Waals surface area contributed by atoms with Crippen LogP contribution in [0.3, 0.4) is 0 Å². The molecule has 0 radical (unpaired) electrons. The van der Waals surface area contributed by atoms with E-state index in [-0.39, 0.29) is 18.0 Å². The molecule has 0 bridgehead atoms. The van der Waals surface area contributed by atoms with Crippen LogP contribution in [0.5, 0.6) is 11.5 Å². The monoisotopic (exact) mass is 434 g/mol. The number of hydrogen-bond donors (Lipinski definition) is 2. The molecule has 1 amide bonds. The van der Waals surface area contributed by atoms with Gasteiger partial charge in [0.2, 0.25) is 5.91 Å². The quantitative estimate of drug-likeness (QED) is 0.597. The van der Waals surface area contributed by atoms with Crippen molar-refractivity contribution in [3.8, 4) is 11.5 Å². The Morgan fingerprint density at radius 1 is 1.16 bits per heavy atom. The highest BCUT2D eigenvalue weighted by Crippen LogP contribution is 2.44. The number of aromatic nitrogens is 1. The standard InChI is InChI=1S/C25H30N4O3/c1-31-19-7-8-22-21(15-19)20-9-11-29(16-23(26)30)25(24(20)27-22)10-12-28(17-25)13-14-32-18-5-3-2-4-6-18/h2-8,15,27H,9-14,16-17H2,1H3,(H2,26,30). The van der Waals surface area contributed by atoms with E-state index >= 15 is 0 Å². The molecule has 2 aliphatic rings. The van der Waals surface area contributed by atoms with Gasteiger partial charge in [-0.25, -0.2) is 0 Å². The lowest BCUT2D eigenvalue weighted by Crippen LogP contribution is -2.55. The van der Waals surface area contributed by atoms with Gasteiger partial charge in [-0.3, -0.25) is 14.6 Å². The number of para-hydroxylation sites is 1. The van der Waals surface area contributed by atoms with Gasteiger partial charge in [0.05, 0.1) is 19.2 Å². The highest BCUT2D eigenvalue weighted by atomic mass is 16.5. The fraction of sp³-hybridized carbons (Fsp3) is 0.400. The Hall–Kier alpha value is -3.03. The van der Waals surface area contributed by atoms with Gasteiger partial charge in [0, 0.05) is 42.8 Å². The predicted molar refractivity (Wildman–Crippen MR) is 124 cm³/mol.